The Morgan fingerprint density at radius 3 is 2.10 bits per heavy atom. The molecule has 2 saturated heterocycles. The molecule has 13 nitrogen and oxygen atoms in total. The average Bonchev–Trinajstić information content (AvgIpc) is 3.84. The van der Waals surface area contributed by atoms with Gasteiger partial charge in [-0.3, -0.25) is 43.9 Å². The lowest BCUT2D eigenvalue weighted by molar-refractivity contribution is -0.199. The number of hydrogen-bond acceptors (Lipinski definition) is 9. The number of carbonyl (C=O) groups is 6. The van der Waals surface area contributed by atoms with Crippen LogP contribution in [0, 0.1) is 35.0 Å². The van der Waals surface area contributed by atoms with Crippen LogP contribution in [0.3, 0.4) is 0 Å². The van der Waals surface area contributed by atoms with Gasteiger partial charge in [-0.2, -0.15) is 5.26 Å². The van der Waals surface area contributed by atoms with E-state index in [1.54, 1.807) is 24.3 Å². The summed E-state index contributed by atoms with van der Waals surface area (Å²) in [6.45, 7) is 14.4. The van der Waals surface area contributed by atoms with Gasteiger partial charge in [0.25, 0.3) is 23.6 Å². The van der Waals surface area contributed by atoms with Gasteiger partial charge >= 0.3 is 0 Å². The quantitative estimate of drug-likeness (QED) is 0.296. The molecule has 6 aliphatic rings. The average molecular weight is 811 g/mol. The zero-order chi connectivity index (χ0) is 42.4. The fourth-order valence-corrected chi connectivity index (χ4v) is 11.4. The van der Waals surface area contributed by atoms with Crippen LogP contribution in [0.15, 0.2) is 48.5 Å². The fourth-order valence-electron chi connectivity index (χ4n) is 11.4. The monoisotopic (exact) mass is 810 g/mol. The van der Waals surface area contributed by atoms with Gasteiger partial charge in [-0.25, -0.2) is 0 Å². The second-order valence-electron chi connectivity index (χ2n) is 18.8. The second kappa shape index (κ2) is 14.4. The maximum Gasteiger partial charge on any atom is 0.262 e. The van der Waals surface area contributed by atoms with Crippen molar-refractivity contribution in [2.45, 2.75) is 105 Å². The van der Waals surface area contributed by atoms with Gasteiger partial charge in [-0.05, 0) is 116 Å². The first-order valence-electron chi connectivity index (χ1n) is 21.1. The van der Waals surface area contributed by atoms with Crippen molar-refractivity contribution in [1.82, 2.24) is 24.9 Å². The van der Waals surface area contributed by atoms with Gasteiger partial charge < -0.3 is 14.5 Å². The maximum absolute atomic E-state index is 13.9. The van der Waals surface area contributed by atoms with Crippen molar-refractivity contribution >= 4 is 35.4 Å². The number of aryl methyl sites for hydroxylation is 1. The van der Waals surface area contributed by atoms with Crippen molar-refractivity contribution in [3.63, 3.8) is 0 Å². The number of carbonyl (C=O) groups excluding carboxylic acids is 6. The molecule has 6 amide bonds. The van der Waals surface area contributed by atoms with E-state index in [1.807, 2.05) is 41.0 Å². The topological polar surface area (TPSA) is 160 Å². The number of ether oxygens (including phenoxy) is 1. The van der Waals surface area contributed by atoms with Crippen molar-refractivity contribution in [1.29, 1.82) is 5.26 Å². The Labute approximate surface area is 349 Å². The predicted molar refractivity (Wildman–Crippen MR) is 218 cm³/mol. The van der Waals surface area contributed by atoms with Crippen LogP contribution in [0.25, 0.3) is 0 Å². The van der Waals surface area contributed by atoms with Crippen LogP contribution in [-0.2, 0) is 29.2 Å². The van der Waals surface area contributed by atoms with E-state index in [9.17, 15) is 34.0 Å². The largest absolute Gasteiger partial charge is 0.489 e. The third-order valence-corrected chi connectivity index (χ3v) is 14.1. The van der Waals surface area contributed by atoms with Crippen LogP contribution in [0.5, 0.6) is 5.75 Å². The molecule has 3 fully saturated rings. The summed E-state index contributed by atoms with van der Waals surface area (Å²) in [4.78, 5) is 85.7. The first-order valence-corrected chi connectivity index (χ1v) is 21.1. The number of benzene rings is 3. The molecule has 9 rings (SSSR count). The molecular formula is C47H50N6O7. The number of imide groups is 2. The number of likely N-dealkylation sites (tertiary alicyclic amines) is 1. The molecular weight excluding hydrogens is 761 g/mol. The molecule has 60 heavy (non-hydrogen) atoms. The van der Waals surface area contributed by atoms with Crippen molar-refractivity contribution in [3.05, 3.63) is 98.6 Å². The van der Waals surface area contributed by atoms with E-state index < -0.39 is 29.7 Å². The molecule has 1 unspecified atom stereocenters. The van der Waals surface area contributed by atoms with E-state index in [1.165, 1.54) is 0 Å². The Bertz CT molecular complexity index is 2380. The number of nitrogens with zero attached hydrogens (tertiary/aromatic N) is 5. The molecule has 0 aromatic heterocycles. The number of rotatable bonds is 8. The van der Waals surface area contributed by atoms with Crippen molar-refractivity contribution < 1.29 is 33.5 Å². The molecule has 0 bridgehead atoms. The molecule has 5 heterocycles. The Morgan fingerprint density at radius 1 is 0.817 bits per heavy atom. The van der Waals surface area contributed by atoms with E-state index in [0.29, 0.717) is 72.2 Å². The summed E-state index contributed by atoms with van der Waals surface area (Å²) in [5.74, 6) is -0.843. The highest BCUT2D eigenvalue weighted by atomic mass is 16.5. The summed E-state index contributed by atoms with van der Waals surface area (Å²) in [5.41, 5.74) is 5.54. The van der Waals surface area contributed by atoms with Crippen LogP contribution in [-0.4, -0.2) is 92.9 Å². The number of fused-ring (bicyclic) bond motifs is 3. The van der Waals surface area contributed by atoms with E-state index in [0.717, 1.165) is 53.0 Å². The number of nitrogens with one attached hydrogen (secondary N) is 1. The van der Waals surface area contributed by atoms with Gasteiger partial charge in [0.2, 0.25) is 11.8 Å². The molecule has 5 aliphatic heterocycles. The Kier molecular flexibility index (Phi) is 9.50. The predicted octanol–water partition coefficient (Wildman–Crippen LogP) is 5.36. The molecule has 3 aromatic carbocycles. The lowest BCUT2D eigenvalue weighted by Crippen LogP contribution is -2.74. The molecule has 13 heteroatoms. The van der Waals surface area contributed by atoms with Gasteiger partial charge in [0.05, 0.1) is 22.8 Å². The highest BCUT2D eigenvalue weighted by molar-refractivity contribution is 6.23. The molecule has 0 radical (unpaired) electrons. The van der Waals surface area contributed by atoms with Crippen LogP contribution >= 0.6 is 0 Å². The first kappa shape index (κ1) is 39.6. The molecule has 1 saturated carbocycles. The number of hydrogen-bond donors (Lipinski definition) is 1. The standard InChI is InChI=1S/C47H50N6O7/c1-26-18-33(8-6-29(26)22-48)60-45-46(2,3)44(47(45,4)5)52-25-32-19-28(7-9-34(32)41(52)57)40(56)51-16-13-27(14-17-51)12-15-50-23-30-20-35-36(21-31(30)24-50)43(59)53(42(35)58)37-10-11-38(54)49-39(37)55/h6-9,18-21,27,37,44-45H,10-17,23-25H2,1-5H3,(H,49,54,55). The lowest BCUT2D eigenvalue weighted by atomic mass is 9.49. The zero-order valence-corrected chi connectivity index (χ0v) is 34.8. The van der Waals surface area contributed by atoms with E-state index in [-0.39, 0.29) is 47.6 Å². The molecule has 3 aromatic rings. The van der Waals surface area contributed by atoms with Gasteiger partial charge in [0.15, 0.2) is 0 Å². The lowest BCUT2D eigenvalue weighted by Gasteiger charge is -2.65. The van der Waals surface area contributed by atoms with Crippen LogP contribution in [0.1, 0.15) is 129 Å². The summed E-state index contributed by atoms with van der Waals surface area (Å²) in [6, 6.07) is 15.8. The minimum Gasteiger partial charge on any atom is -0.489 e. The number of amides is 6. The SMILES string of the molecule is Cc1cc(OC2C(C)(C)C(N3Cc4cc(C(=O)N5CCC(CCN6Cc7cc8c(cc7C6)C(=O)N(C6CCC(=O)NC6=O)C8=O)CC5)ccc4C3=O)C2(C)C)ccc1C#N. The molecule has 1 atom stereocenters. The summed E-state index contributed by atoms with van der Waals surface area (Å²) in [5, 5.41) is 11.6. The highest BCUT2D eigenvalue weighted by Gasteiger charge is 2.67. The number of piperidine rings is 2. The van der Waals surface area contributed by atoms with Crippen LogP contribution < -0.4 is 10.1 Å². The summed E-state index contributed by atoms with van der Waals surface area (Å²) >= 11 is 0. The van der Waals surface area contributed by atoms with Gasteiger partial charge in [-0.1, -0.05) is 27.7 Å². The molecule has 1 aliphatic carbocycles. The van der Waals surface area contributed by atoms with E-state index >= 15 is 0 Å². The molecule has 0 spiro atoms. The van der Waals surface area contributed by atoms with Gasteiger partial charge in [-0.15, -0.1) is 0 Å². The normalized spacial score (nSPS) is 24.5. The van der Waals surface area contributed by atoms with Crippen molar-refractivity contribution in [2.75, 3.05) is 19.6 Å². The molecule has 310 valence electrons. The third kappa shape index (κ3) is 6.38. The first-order chi connectivity index (χ1) is 28.6. The van der Waals surface area contributed by atoms with Crippen molar-refractivity contribution in [2.24, 2.45) is 16.7 Å². The Balaban J connectivity index is 0.771. The van der Waals surface area contributed by atoms with Crippen molar-refractivity contribution in [3.8, 4) is 11.8 Å². The zero-order valence-electron chi connectivity index (χ0n) is 34.8. The second-order valence-corrected chi connectivity index (χ2v) is 18.8. The van der Waals surface area contributed by atoms with Crippen LogP contribution in [0.4, 0.5) is 0 Å². The summed E-state index contributed by atoms with van der Waals surface area (Å²) in [6.07, 6.45) is 2.82. The Morgan fingerprint density at radius 2 is 1.48 bits per heavy atom. The summed E-state index contributed by atoms with van der Waals surface area (Å²) < 4.78 is 6.55. The van der Waals surface area contributed by atoms with Crippen LogP contribution in [0.2, 0.25) is 0 Å². The Hall–Kier alpha value is -5.87. The minimum atomic E-state index is -0.978. The van der Waals surface area contributed by atoms with Gasteiger partial charge in [0, 0.05) is 67.1 Å². The highest BCUT2D eigenvalue weighted by Crippen LogP contribution is 2.59. The smallest absolute Gasteiger partial charge is 0.262 e. The van der Waals surface area contributed by atoms with E-state index in [4.69, 9.17) is 4.74 Å². The molecule has 1 N–H and O–H groups in total. The minimum absolute atomic E-state index is 0.0130. The fraction of sp³-hybridized carbons (Fsp3) is 0.468. The van der Waals surface area contributed by atoms with E-state index in [2.05, 4.69) is 44.0 Å². The van der Waals surface area contributed by atoms with Gasteiger partial charge in [0.1, 0.15) is 17.9 Å². The maximum atomic E-state index is 13.9. The number of nitriles is 1. The summed E-state index contributed by atoms with van der Waals surface area (Å²) in [7, 11) is 0. The third-order valence-electron chi connectivity index (χ3n) is 14.1.